The van der Waals surface area contributed by atoms with Gasteiger partial charge in [-0.15, -0.1) is 0 Å². The molecule has 2 aromatic rings. The number of unbranched alkanes of at least 4 members (excludes halogenated alkanes) is 13. The number of nitrogens with one attached hydrogen (secondary N) is 1. The smallest absolute Gasteiger partial charge is 0.313 e. The summed E-state index contributed by atoms with van der Waals surface area (Å²) in [6.07, 6.45) is 20.5. The van der Waals surface area contributed by atoms with E-state index in [1.807, 2.05) is 10.8 Å². The fourth-order valence-electron chi connectivity index (χ4n) is 4.04. The summed E-state index contributed by atoms with van der Waals surface area (Å²) in [6, 6.07) is 0. The summed E-state index contributed by atoms with van der Waals surface area (Å²) in [5.41, 5.74) is 0.224. The van der Waals surface area contributed by atoms with E-state index in [4.69, 9.17) is 0 Å². The van der Waals surface area contributed by atoms with Gasteiger partial charge in [-0.3, -0.25) is 14.3 Å². The standard InChI is InChI=1S/C23H40N4O2S/c1-4-5-6-7-8-9-10-11-12-13-14-15-16-17-18-27-19-20(24-23(27)30-3)26(2)22(29)25-21(19)28/h4-18H2,1-3H3,(H,25,28,29). The molecular formula is C23H40N4O2S. The van der Waals surface area contributed by atoms with Crippen molar-refractivity contribution < 1.29 is 0 Å². The monoisotopic (exact) mass is 436 g/mol. The maximum Gasteiger partial charge on any atom is 0.329 e. The van der Waals surface area contributed by atoms with E-state index in [0.29, 0.717) is 11.2 Å². The van der Waals surface area contributed by atoms with Crippen molar-refractivity contribution in [3.63, 3.8) is 0 Å². The number of rotatable bonds is 16. The second-order valence-corrected chi connectivity index (χ2v) is 9.11. The minimum Gasteiger partial charge on any atom is -0.313 e. The molecular weight excluding hydrogens is 396 g/mol. The molecule has 170 valence electrons. The summed E-state index contributed by atoms with van der Waals surface area (Å²) in [6.45, 7) is 3.04. The average Bonchev–Trinajstić information content (AvgIpc) is 3.11. The highest BCUT2D eigenvalue weighted by molar-refractivity contribution is 7.98. The Morgan fingerprint density at radius 2 is 1.33 bits per heavy atom. The number of aryl methyl sites for hydroxylation is 2. The van der Waals surface area contributed by atoms with Crippen LogP contribution in [0.15, 0.2) is 14.7 Å². The van der Waals surface area contributed by atoms with Gasteiger partial charge < -0.3 is 4.57 Å². The molecule has 7 heteroatoms. The molecule has 0 aliphatic rings. The first-order chi connectivity index (χ1) is 14.6. The molecule has 0 amide bonds. The van der Waals surface area contributed by atoms with E-state index in [2.05, 4.69) is 16.9 Å². The van der Waals surface area contributed by atoms with Gasteiger partial charge in [-0.05, 0) is 12.7 Å². The minimum atomic E-state index is -0.415. The Morgan fingerprint density at radius 1 is 0.833 bits per heavy atom. The lowest BCUT2D eigenvalue weighted by Crippen LogP contribution is -2.29. The lowest BCUT2D eigenvalue weighted by molar-refractivity contribution is 0.519. The zero-order valence-electron chi connectivity index (χ0n) is 19.2. The Kier molecular flexibility index (Phi) is 11.3. The van der Waals surface area contributed by atoms with Gasteiger partial charge in [0, 0.05) is 13.6 Å². The number of thioether (sulfide) groups is 1. The van der Waals surface area contributed by atoms with Crippen LogP contribution in [0.2, 0.25) is 0 Å². The van der Waals surface area contributed by atoms with Gasteiger partial charge in [-0.1, -0.05) is 102 Å². The highest BCUT2D eigenvalue weighted by Crippen LogP contribution is 2.20. The zero-order chi connectivity index (χ0) is 21.8. The fraction of sp³-hybridized carbons (Fsp3) is 0.783. The molecule has 0 atom stereocenters. The van der Waals surface area contributed by atoms with Gasteiger partial charge in [-0.25, -0.2) is 9.78 Å². The van der Waals surface area contributed by atoms with Gasteiger partial charge in [0.1, 0.15) is 0 Å². The highest BCUT2D eigenvalue weighted by Gasteiger charge is 2.16. The lowest BCUT2D eigenvalue weighted by atomic mass is 10.0. The van der Waals surface area contributed by atoms with Crippen molar-refractivity contribution >= 4 is 22.9 Å². The average molecular weight is 437 g/mol. The van der Waals surface area contributed by atoms with E-state index < -0.39 is 5.69 Å². The molecule has 0 aromatic carbocycles. The van der Waals surface area contributed by atoms with E-state index in [-0.39, 0.29) is 5.56 Å². The number of imidazole rings is 1. The minimum absolute atomic E-state index is 0.341. The van der Waals surface area contributed by atoms with E-state index in [0.717, 1.165) is 24.5 Å². The summed E-state index contributed by atoms with van der Waals surface area (Å²) in [4.78, 5) is 31.0. The van der Waals surface area contributed by atoms with Crippen LogP contribution in [0.5, 0.6) is 0 Å². The maximum absolute atomic E-state index is 12.3. The predicted octanol–water partition coefficient (Wildman–Crippen LogP) is 5.63. The number of H-pyrrole nitrogens is 1. The number of fused-ring (bicyclic) bond motifs is 1. The van der Waals surface area contributed by atoms with Gasteiger partial charge in [0.15, 0.2) is 16.3 Å². The SMILES string of the molecule is CCCCCCCCCCCCCCCCn1c(SC)nc2c1c(=O)[nH]c(=O)n2C. The van der Waals surface area contributed by atoms with Crippen LogP contribution < -0.4 is 11.2 Å². The third-order valence-electron chi connectivity index (χ3n) is 5.89. The number of aromatic amines is 1. The molecule has 1 N–H and O–H groups in total. The van der Waals surface area contributed by atoms with Crippen molar-refractivity contribution in [2.45, 2.75) is 109 Å². The van der Waals surface area contributed by atoms with Crippen LogP contribution in [0.25, 0.3) is 11.2 Å². The normalized spacial score (nSPS) is 11.6. The zero-order valence-corrected chi connectivity index (χ0v) is 20.0. The van der Waals surface area contributed by atoms with Gasteiger partial charge in [0.2, 0.25) is 0 Å². The van der Waals surface area contributed by atoms with E-state index >= 15 is 0 Å². The summed E-state index contributed by atoms with van der Waals surface area (Å²) >= 11 is 1.51. The molecule has 0 aliphatic carbocycles. The number of hydrogen-bond donors (Lipinski definition) is 1. The Hall–Kier alpha value is -1.50. The van der Waals surface area contributed by atoms with Crippen LogP contribution in [-0.2, 0) is 13.6 Å². The van der Waals surface area contributed by atoms with Gasteiger partial charge in [0.05, 0.1) is 0 Å². The Labute approximate surface area is 184 Å². The molecule has 0 radical (unpaired) electrons. The van der Waals surface area contributed by atoms with E-state index in [1.54, 1.807) is 7.05 Å². The number of aromatic nitrogens is 4. The number of hydrogen-bond acceptors (Lipinski definition) is 4. The van der Waals surface area contributed by atoms with Crippen molar-refractivity contribution in [1.29, 1.82) is 0 Å². The van der Waals surface area contributed by atoms with Crippen LogP contribution in [-0.4, -0.2) is 25.4 Å². The van der Waals surface area contributed by atoms with Crippen molar-refractivity contribution in [3.8, 4) is 0 Å². The Balaban J connectivity index is 1.64. The summed E-state index contributed by atoms with van der Waals surface area (Å²) in [5.74, 6) is 0. The second kappa shape index (κ2) is 13.7. The Bertz CT molecular complexity index is 868. The van der Waals surface area contributed by atoms with E-state index in [9.17, 15) is 9.59 Å². The van der Waals surface area contributed by atoms with Crippen molar-refractivity contribution in [2.24, 2.45) is 7.05 Å². The molecule has 0 saturated heterocycles. The molecule has 2 rings (SSSR count). The molecule has 2 aromatic heterocycles. The largest absolute Gasteiger partial charge is 0.329 e. The van der Waals surface area contributed by atoms with Crippen LogP contribution in [0.3, 0.4) is 0 Å². The topological polar surface area (TPSA) is 72.7 Å². The highest BCUT2D eigenvalue weighted by atomic mass is 32.2. The first kappa shape index (κ1) is 24.8. The molecule has 0 unspecified atom stereocenters. The summed E-state index contributed by atoms with van der Waals surface area (Å²) in [7, 11) is 1.65. The molecule has 0 fully saturated rings. The third-order valence-corrected chi connectivity index (χ3v) is 6.57. The maximum atomic E-state index is 12.3. The molecule has 0 spiro atoms. The summed E-state index contributed by atoms with van der Waals surface area (Å²) in [5, 5.41) is 0.798. The Morgan fingerprint density at radius 3 is 1.83 bits per heavy atom. The van der Waals surface area contributed by atoms with Gasteiger partial charge in [0.25, 0.3) is 5.56 Å². The van der Waals surface area contributed by atoms with Crippen LogP contribution >= 0.6 is 11.8 Å². The van der Waals surface area contributed by atoms with Crippen LogP contribution in [0.1, 0.15) is 96.8 Å². The molecule has 0 saturated carbocycles. The first-order valence-corrected chi connectivity index (χ1v) is 13.1. The van der Waals surface area contributed by atoms with Crippen molar-refractivity contribution in [3.05, 3.63) is 20.8 Å². The summed E-state index contributed by atoms with van der Waals surface area (Å²) < 4.78 is 3.39. The van der Waals surface area contributed by atoms with Crippen molar-refractivity contribution in [2.75, 3.05) is 6.26 Å². The first-order valence-electron chi connectivity index (χ1n) is 11.8. The molecule has 2 heterocycles. The molecule has 0 bridgehead atoms. The van der Waals surface area contributed by atoms with Crippen LogP contribution in [0, 0.1) is 0 Å². The fourth-order valence-corrected chi connectivity index (χ4v) is 4.62. The number of nitrogens with zero attached hydrogens (tertiary/aromatic N) is 3. The predicted molar refractivity (Wildman–Crippen MR) is 128 cm³/mol. The van der Waals surface area contributed by atoms with E-state index in [1.165, 1.54) is 93.4 Å². The molecule has 6 nitrogen and oxygen atoms in total. The molecule has 0 aliphatic heterocycles. The molecule has 30 heavy (non-hydrogen) atoms. The van der Waals surface area contributed by atoms with Gasteiger partial charge >= 0.3 is 5.69 Å². The van der Waals surface area contributed by atoms with Gasteiger partial charge in [-0.2, -0.15) is 0 Å². The van der Waals surface area contributed by atoms with Crippen LogP contribution in [0.4, 0.5) is 0 Å². The lowest BCUT2D eigenvalue weighted by Gasteiger charge is -2.07. The third kappa shape index (κ3) is 7.33. The van der Waals surface area contributed by atoms with Crippen molar-refractivity contribution in [1.82, 2.24) is 19.1 Å². The second-order valence-electron chi connectivity index (χ2n) is 8.34. The quantitative estimate of drug-likeness (QED) is 0.273.